The van der Waals surface area contributed by atoms with Gasteiger partial charge in [-0.1, -0.05) is 26.3 Å². The standard InChI is InChI=1S/C20H24O4/c1-19(2)16-10-15(21)13-8-11(12-5-7-24-18(12)23)9-14(13)20(16,3)6-4-17(19)22/h5,11,16H,4,6-10H2,1-3H3/t11-,16-,20+/m0/s1. The highest BCUT2D eigenvalue weighted by Gasteiger charge is 2.57. The molecule has 0 saturated heterocycles. The molecule has 0 spiro atoms. The minimum Gasteiger partial charge on any atom is -0.458 e. The molecule has 1 fully saturated rings. The number of ether oxygens (including phenoxy) is 1. The summed E-state index contributed by atoms with van der Waals surface area (Å²) >= 11 is 0. The second-order valence-electron chi connectivity index (χ2n) is 8.56. The van der Waals surface area contributed by atoms with Gasteiger partial charge in [-0.25, -0.2) is 4.79 Å². The highest BCUT2D eigenvalue weighted by molar-refractivity contribution is 6.00. The minimum absolute atomic E-state index is 0.0701. The number of hydrogen-bond acceptors (Lipinski definition) is 4. The first-order valence-corrected chi connectivity index (χ1v) is 8.91. The molecular weight excluding hydrogens is 304 g/mol. The molecule has 0 N–H and O–H groups in total. The highest BCUT2D eigenvalue weighted by Crippen LogP contribution is 2.61. The second-order valence-corrected chi connectivity index (χ2v) is 8.56. The topological polar surface area (TPSA) is 60.4 Å². The predicted molar refractivity (Wildman–Crippen MR) is 88.0 cm³/mol. The average molecular weight is 328 g/mol. The van der Waals surface area contributed by atoms with Crippen LogP contribution in [0, 0.1) is 22.7 Å². The Morgan fingerprint density at radius 2 is 1.83 bits per heavy atom. The van der Waals surface area contributed by atoms with Crippen molar-refractivity contribution < 1.29 is 19.1 Å². The van der Waals surface area contributed by atoms with E-state index < -0.39 is 5.41 Å². The van der Waals surface area contributed by atoms with Gasteiger partial charge in [-0.3, -0.25) is 9.59 Å². The summed E-state index contributed by atoms with van der Waals surface area (Å²) in [6.07, 6.45) is 5.15. The number of ketones is 2. The number of carbonyl (C=O) groups is 3. The number of cyclic esters (lactones) is 1. The van der Waals surface area contributed by atoms with Gasteiger partial charge in [-0.05, 0) is 48.2 Å². The SMILES string of the molecule is CC1(C)C(=O)CC[C@]2(C)C3=C(C[C@H](C4=CCOC4=O)C3)C(=O)C[C@@H]12. The predicted octanol–water partition coefficient (Wildman–Crippen LogP) is 3.16. The third-order valence-corrected chi connectivity index (χ3v) is 7.10. The van der Waals surface area contributed by atoms with E-state index in [-0.39, 0.29) is 34.8 Å². The fraction of sp³-hybridized carbons (Fsp3) is 0.650. The van der Waals surface area contributed by atoms with Gasteiger partial charge in [-0.15, -0.1) is 0 Å². The zero-order chi connectivity index (χ0) is 17.3. The third kappa shape index (κ3) is 1.95. The van der Waals surface area contributed by atoms with E-state index in [0.717, 1.165) is 24.0 Å². The van der Waals surface area contributed by atoms with Gasteiger partial charge in [0.05, 0.1) is 0 Å². The van der Waals surface area contributed by atoms with Crippen LogP contribution in [0.3, 0.4) is 0 Å². The quantitative estimate of drug-likeness (QED) is 0.694. The first-order chi connectivity index (χ1) is 11.2. The Labute approximate surface area is 142 Å². The van der Waals surface area contributed by atoms with Gasteiger partial charge >= 0.3 is 5.97 Å². The van der Waals surface area contributed by atoms with Gasteiger partial charge in [0.2, 0.25) is 0 Å². The third-order valence-electron chi connectivity index (χ3n) is 7.10. The largest absolute Gasteiger partial charge is 0.458 e. The summed E-state index contributed by atoms with van der Waals surface area (Å²) in [7, 11) is 0. The molecular formula is C20H24O4. The monoisotopic (exact) mass is 328 g/mol. The van der Waals surface area contributed by atoms with Crippen LogP contribution < -0.4 is 0 Å². The lowest BCUT2D eigenvalue weighted by Crippen LogP contribution is -2.51. The summed E-state index contributed by atoms with van der Waals surface area (Å²) in [5, 5.41) is 0. The van der Waals surface area contributed by atoms with Crippen molar-refractivity contribution in [3.05, 3.63) is 22.8 Å². The molecule has 128 valence electrons. The molecule has 0 unspecified atom stereocenters. The Morgan fingerprint density at radius 1 is 1.08 bits per heavy atom. The van der Waals surface area contributed by atoms with E-state index in [2.05, 4.69) is 6.92 Å². The van der Waals surface area contributed by atoms with Crippen LogP contribution in [-0.2, 0) is 19.1 Å². The summed E-state index contributed by atoms with van der Waals surface area (Å²) in [5.41, 5.74) is 2.34. The van der Waals surface area contributed by atoms with Crippen molar-refractivity contribution >= 4 is 17.5 Å². The average Bonchev–Trinajstić information content (AvgIpc) is 3.13. The molecule has 4 heteroatoms. The van der Waals surface area contributed by atoms with Gasteiger partial charge in [-0.2, -0.15) is 0 Å². The molecule has 1 saturated carbocycles. The Balaban J connectivity index is 1.72. The fourth-order valence-corrected chi connectivity index (χ4v) is 5.61. The molecule has 0 bridgehead atoms. The number of hydrogen-bond donors (Lipinski definition) is 0. The first kappa shape index (κ1) is 15.8. The summed E-state index contributed by atoms with van der Waals surface area (Å²) in [6, 6.07) is 0. The van der Waals surface area contributed by atoms with Crippen molar-refractivity contribution in [2.24, 2.45) is 22.7 Å². The van der Waals surface area contributed by atoms with Gasteiger partial charge in [0, 0.05) is 23.8 Å². The van der Waals surface area contributed by atoms with E-state index in [0.29, 0.717) is 25.9 Å². The highest BCUT2D eigenvalue weighted by atomic mass is 16.5. The summed E-state index contributed by atoms with van der Waals surface area (Å²) < 4.78 is 5.06. The van der Waals surface area contributed by atoms with Crippen molar-refractivity contribution in [1.82, 2.24) is 0 Å². The Kier molecular flexibility index (Phi) is 3.23. The maximum Gasteiger partial charge on any atom is 0.334 e. The van der Waals surface area contributed by atoms with E-state index in [1.54, 1.807) is 0 Å². The molecule has 1 heterocycles. The molecule has 1 aliphatic heterocycles. The molecule has 4 rings (SSSR count). The number of carbonyl (C=O) groups excluding carboxylic acids is 3. The van der Waals surface area contributed by atoms with E-state index >= 15 is 0 Å². The van der Waals surface area contributed by atoms with Crippen LogP contribution in [0.1, 0.15) is 52.9 Å². The number of esters is 1. The molecule has 4 nitrogen and oxygen atoms in total. The maximum absolute atomic E-state index is 12.8. The Hall–Kier alpha value is -1.71. The molecule has 3 atom stereocenters. The zero-order valence-corrected chi connectivity index (χ0v) is 14.6. The molecule has 4 aliphatic rings. The van der Waals surface area contributed by atoms with Crippen molar-refractivity contribution in [3.8, 4) is 0 Å². The molecule has 0 radical (unpaired) electrons. The smallest absolute Gasteiger partial charge is 0.334 e. The summed E-state index contributed by atoms with van der Waals surface area (Å²) in [6.45, 7) is 6.58. The van der Waals surface area contributed by atoms with Crippen LogP contribution in [-0.4, -0.2) is 24.1 Å². The summed E-state index contributed by atoms with van der Waals surface area (Å²) in [5.74, 6) is 0.377. The first-order valence-electron chi connectivity index (χ1n) is 8.91. The lowest BCUT2D eigenvalue weighted by molar-refractivity contribution is -0.141. The van der Waals surface area contributed by atoms with Crippen LogP contribution in [0.25, 0.3) is 0 Å². The van der Waals surface area contributed by atoms with Gasteiger partial charge in [0.1, 0.15) is 12.4 Å². The van der Waals surface area contributed by atoms with Crippen LogP contribution in [0.2, 0.25) is 0 Å². The molecule has 0 aromatic heterocycles. The zero-order valence-electron chi connectivity index (χ0n) is 14.6. The second kappa shape index (κ2) is 4.90. The van der Waals surface area contributed by atoms with Crippen LogP contribution in [0.4, 0.5) is 0 Å². The van der Waals surface area contributed by atoms with Gasteiger partial charge in [0.15, 0.2) is 5.78 Å². The number of rotatable bonds is 1. The van der Waals surface area contributed by atoms with E-state index in [1.165, 1.54) is 5.57 Å². The van der Waals surface area contributed by atoms with E-state index in [4.69, 9.17) is 4.74 Å². The Morgan fingerprint density at radius 3 is 2.50 bits per heavy atom. The van der Waals surface area contributed by atoms with Gasteiger partial charge < -0.3 is 4.74 Å². The molecule has 0 aromatic rings. The van der Waals surface area contributed by atoms with Crippen molar-refractivity contribution in [1.29, 1.82) is 0 Å². The normalized spacial score (nSPS) is 38.0. The number of Topliss-reactive ketones (excluding diaryl/α,β-unsaturated/α-hetero) is 2. The molecule has 3 aliphatic carbocycles. The molecule has 0 amide bonds. The molecule has 0 aromatic carbocycles. The van der Waals surface area contributed by atoms with E-state index in [9.17, 15) is 14.4 Å². The molecule has 24 heavy (non-hydrogen) atoms. The van der Waals surface area contributed by atoms with Gasteiger partial charge in [0.25, 0.3) is 0 Å². The van der Waals surface area contributed by atoms with E-state index in [1.807, 2.05) is 19.9 Å². The number of allylic oxidation sites excluding steroid dienone is 2. The van der Waals surface area contributed by atoms with Crippen LogP contribution in [0.15, 0.2) is 22.8 Å². The fourth-order valence-electron chi connectivity index (χ4n) is 5.61. The van der Waals surface area contributed by atoms with Crippen molar-refractivity contribution in [2.75, 3.05) is 6.61 Å². The van der Waals surface area contributed by atoms with Crippen molar-refractivity contribution in [3.63, 3.8) is 0 Å². The van der Waals surface area contributed by atoms with Crippen LogP contribution in [0.5, 0.6) is 0 Å². The number of fused-ring (bicyclic) bond motifs is 2. The summed E-state index contributed by atoms with van der Waals surface area (Å²) in [4.78, 5) is 37.2. The maximum atomic E-state index is 12.8. The Bertz CT molecular complexity index is 724. The van der Waals surface area contributed by atoms with Crippen molar-refractivity contribution in [2.45, 2.75) is 52.9 Å². The lowest BCUT2D eigenvalue weighted by Gasteiger charge is -2.53. The minimum atomic E-state index is -0.454. The van der Waals surface area contributed by atoms with Crippen LogP contribution >= 0.6 is 0 Å². The lowest BCUT2D eigenvalue weighted by atomic mass is 9.50.